The van der Waals surface area contributed by atoms with E-state index in [1.165, 1.54) is 24.3 Å². The van der Waals surface area contributed by atoms with Gasteiger partial charge in [-0.05, 0) is 0 Å². The second-order valence-corrected chi connectivity index (χ2v) is 4.09. The van der Waals surface area contributed by atoms with Crippen molar-refractivity contribution in [3.05, 3.63) is 77.4 Å². The third kappa shape index (κ3) is 2.75. The van der Waals surface area contributed by atoms with E-state index >= 15 is 0 Å². The van der Waals surface area contributed by atoms with Gasteiger partial charge in [-0.15, -0.1) is 0 Å². The quantitative estimate of drug-likeness (QED) is 0.294. The number of benzene rings is 2. The molecule has 0 saturated heterocycles. The Bertz CT molecular complexity index is 657. The van der Waals surface area contributed by atoms with Gasteiger partial charge in [0.2, 0.25) is 5.78 Å². The zero-order valence-electron chi connectivity index (χ0n) is 10.5. The van der Waals surface area contributed by atoms with Crippen LogP contribution < -0.4 is 0 Å². The number of hydrogen-bond acceptors (Lipinski definition) is 3. The molecule has 0 bridgehead atoms. The average molecular weight is 268 g/mol. The molecule has 0 fully saturated rings. The minimum atomic E-state index is -1.46. The summed E-state index contributed by atoms with van der Waals surface area (Å²) in [5, 5.41) is 19.3. The summed E-state index contributed by atoms with van der Waals surface area (Å²) in [4.78, 5) is 23.5. The van der Waals surface area contributed by atoms with E-state index in [0.717, 1.165) is 0 Å². The van der Waals surface area contributed by atoms with Crippen LogP contribution in [0.15, 0.2) is 66.2 Å². The van der Waals surface area contributed by atoms with Gasteiger partial charge in [0.05, 0.1) is 0 Å². The molecule has 0 aliphatic heterocycles. The van der Waals surface area contributed by atoms with Crippen LogP contribution in [0, 0.1) is 0 Å². The molecule has 0 radical (unpaired) electrons. The summed E-state index contributed by atoms with van der Waals surface area (Å²) in [5.41, 5.74) is -0.135. The fourth-order valence-electron chi connectivity index (χ4n) is 1.78. The molecule has 2 N–H and O–H groups in total. The van der Waals surface area contributed by atoms with Gasteiger partial charge in [-0.2, -0.15) is 0 Å². The molecule has 0 aromatic heterocycles. The number of carbonyl (C=O) groups is 2. The van der Waals surface area contributed by atoms with Gasteiger partial charge >= 0.3 is 5.97 Å². The van der Waals surface area contributed by atoms with Crippen molar-refractivity contribution in [2.24, 2.45) is 0 Å². The number of aliphatic hydroxyl groups excluding tert-OH is 1. The van der Waals surface area contributed by atoms with E-state index in [9.17, 15) is 19.8 Å². The summed E-state index contributed by atoms with van der Waals surface area (Å²) in [6.07, 6.45) is 0. The van der Waals surface area contributed by atoms with Crippen LogP contribution in [0.3, 0.4) is 0 Å². The van der Waals surface area contributed by atoms with Crippen molar-refractivity contribution in [2.75, 3.05) is 0 Å². The lowest BCUT2D eigenvalue weighted by molar-refractivity contribution is -0.132. The summed E-state index contributed by atoms with van der Waals surface area (Å²) in [6, 6.07) is 16.1. The number of carbonyl (C=O) groups excluding carboxylic acids is 1. The monoisotopic (exact) mass is 268 g/mol. The van der Waals surface area contributed by atoms with Crippen LogP contribution in [-0.2, 0) is 4.79 Å². The maximum atomic E-state index is 12.2. The van der Waals surface area contributed by atoms with Crippen molar-refractivity contribution in [2.45, 2.75) is 0 Å². The van der Waals surface area contributed by atoms with Gasteiger partial charge in [-0.25, -0.2) is 4.79 Å². The number of Topliss-reactive ketones (excluding diaryl/α,β-unsaturated/α-hetero) is 1. The second-order valence-electron chi connectivity index (χ2n) is 4.09. The molecular weight excluding hydrogens is 256 g/mol. The molecule has 0 heterocycles. The molecule has 0 unspecified atom stereocenters. The summed E-state index contributed by atoms with van der Waals surface area (Å²) >= 11 is 0. The van der Waals surface area contributed by atoms with Crippen molar-refractivity contribution >= 4 is 17.5 Å². The normalized spacial score (nSPS) is 11.6. The van der Waals surface area contributed by atoms with E-state index < -0.39 is 23.1 Å². The maximum absolute atomic E-state index is 12.2. The Kier molecular flexibility index (Phi) is 3.96. The van der Waals surface area contributed by atoms with Gasteiger partial charge in [0.15, 0.2) is 0 Å². The number of rotatable bonds is 4. The van der Waals surface area contributed by atoms with Gasteiger partial charge in [0.1, 0.15) is 11.3 Å². The van der Waals surface area contributed by atoms with Gasteiger partial charge in [0.25, 0.3) is 0 Å². The molecule has 100 valence electrons. The predicted octanol–water partition coefficient (Wildman–Crippen LogP) is 2.92. The first-order chi connectivity index (χ1) is 9.61. The number of aliphatic carboxylic acids is 1. The molecular formula is C16H12O4. The summed E-state index contributed by atoms with van der Waals surface area (Å²) in [5.74, 6) is -2.72. The van der Waals surface area contributed by atoms with Crippen molar-refractivity contribution in [3.8, 4) is 0 Å². The number of hydrogen-bond donors (Lipinski definition) is 2. The number of ketones is 1. The molecule has 2 aromatic carbocycles. The average Bonchev–Trinajstić information content (AvgIpc) is 2.48. The van der Waals surface area contributed by atoms with E-state index in [0.29, 0.717) is 0 Å². The minimum absolute atomic E-state index is 0.215. The van der Waals surface area contributed by atoms with E-state index in [1.54, 1.807) is 36.4 Å². The Labute approximate surface area is 115 Å². The topological polar surface area (TPSA) is 74.6 Å². The third-order valence-corrected chi connectivity index (χ3v) is 2.76. The molecule has 2 rings (SSSR count). The molecule has 4 nitrogen and oxygen atoms in total. The summed E-state index contributed by atoms with van der Waals surface area (Å²) < 4.78 is 0. The molecule has 0 saturated carbocycles. The zero-order valence-corrected chi connectivity index (χ0v) is 10.5. The highest BCUT2D eigenvalue weighted by atomic mass is 16.4. The van der Waals surface area contributed by atoms with E-state index in [-0.39, 0.29) is 11.1 Å². The summed E-state index contributed by atoms with van der Waals surface area (Å²) in [7, 11) is 0. The van der Waals surface area contributed by atoms with E-state index in [1.807, 2.05) is 0 Å². The fourth-order valence-corrected chi connectivity index (χ4v) is 1.78. The molecule has 20 heavy (non-hydrogen) atoms. The standard InChI is InChI=1S/C16H12O4/c17-14(11-7-3-1-4-8-11)13(16(19)20)15(18)12-9-5-2-6-10-12/h1-10,17H,(H,19,20)/b14-13-. The van der Waals surface area contributed by atoms with Gasteiger partial charge in [-0.1, -0.05) is 60.7 Å². The van der Waals surface area contributed by atoms with E-state index in [4.69, 9.17) is 0 Å². The van der Waals surface area contributed by atoms with Crippen LogP contribution >= 0.6 is 0 Å². The first kappa shape index (κ1) is 13.5. The second kappa shape index (κ2) is 5.84. The summed E-state index contributed by atoms with van der Waals surface area (Å²) in [6.45, 7) is 0. The number of carboxylic acid groups (broad SMARTS) is 1. The Morgan fingerprint density at radius 3 is 1.60 bits per heavy atom. The van der Waals surface area contributed by atoms with Crippen molar-refractivity contribution in [1.29, 1.82) is 0 Å². The molecule has 0 atom stereocenters. The smallest absolute Gasteiger partial charge is 0.343 e. The van der Waals surface area contributed by atoms with E-state index in [2.05, 4.69) is 0 Å². The van der Waals surface area contributed by atoms with Crippen molar-refractivity contribution < 1.29 is 19.8 Å². The molecule has 0 spiro atoms. The minimum Gasteiger partial charge on any atom is -0.506 e. The number of aliphatic hydroxyl groups is 1. The van der Waals surface area contributed by atoms with Crippen molar-refractivity contribution in [3.63, 3.8) is 0 Å². The van der Waals surface area contributed by atoms with Gasteiger partial charge in [-0.3, -0.25) is 4.79 Å². The lowest BCUT2D eigenvalue weighted by Crippen LogP contribution is -2.15. The van der Waals surface area contributed by atoms with Crippen LogP contribution in [-0.4, -0.2) is 22.0 Å². The Morgan fingerprint density at radius 1 is 0.700 bits per heavy atom. The molecule has 0 aliphatic rings. The van der Waals surface area contributed by atoms with Crippen LogP contribution in [0.1, 0.15) is 15.9 Å². The first-order valence-electron chi connectivity index (χ1n) is 5.93. The molecule has 2 aromatic rings. The Morgan fingerprint density at radius 2 is 1.15 bits per heavy atom. The van der Waals surface area contributed by atoms with Crippen LogP contribution in [0.5, 0.6) is 0 Å². The highest BCUT2D eigenvalue weighted by molar-refractivity contribution is 6.27. The Balaban J connectivity index is 2.53. The molecule has 0 amide bonds. The molecule has 0 aliphatic carbocycles. The molecule has 4 heteroatoms. The predicted molar refractivity (Wildman–Crippen MR) is 74.4 cm³/mol. The van der Waals surface area contributed by atoms with Gasteiger partial charge in [0, 0.05) is 11.1 Å². The van der Waals surface area contributed by atoms with Crippen LogP contribution in [0.2, 0.25) is 0 Å². The maximum Gasteiger partial charge on any atom is 0.343 e. The lowest BCUT2D eigenvalue weighted by atomic mass is 9.99. The largest absolute Gasteiger partial charge is 0.506 e. The first-order valence-corrected chi connectivity index (χ1v) is 5.93. The SMILES string of the molecule is O=C(O)/C(C(=O)c1ccccc1)=C(\O)c1ccccc1. The highest BCUT2D eigenvalue weighted by Crippen LogP contribution is 2.19. The third-order valence-electron chi connectivity index (χ3n) is 2.76. The van der Waals surface area contributed by atoms with Crippen molar-refractivity contribution in [1.82, 2.24) is 0 Å². The lowest BCUT2D eigenvalue weighted by Gasteiger charge is -2.06. The number of carboxylic acids is 1. The highest BCUT2D eigenvalue weighted by Gasteiger charge is 2.24. The van der Waals surface area contributed by atoms with Crippen LogP contribution in [0.25, 0.3) is 5.76 Å². The Hall–Kier alpha value is -2.88. The van der Waals surface area contributed by atoms with Crippen LogP contribution in [0.4, 0.5) is 0 Å². The zero-order chi connectivity index (χ0) is 14.5. The fraction of sp³-hybridized carbons (Fsp3) is 0. The van der Waals surface area contributed by atoms with Gasteiger partial charge < -0.3 is 10.2 Å².